The number of carbonyl (C=O) groups is 1. The predicted octanol–water partition coefficient (Wildman–Crippen LogP) is 2.71. The molecule has 0 radical (unpaired) electrons. The minimum Gasteiger partial charge on any atom is -0.479 e. The van der Waals surface area contributed by atoms with Gasteiger partial charge in [-0.05, 0) is 46.2 Å². The Bertz CT molecular complexity index is 668. The van der Waals surface area contributed by atoms with Crippen molar-refractivity contribution in [1.29, 1.82) is 0 Å². The van der Waals surface area contributed by atoms with E-state index in [1.807, 2.05) is 0 Å². The van der Waals surface area contributed by atoms with Gasteiger partial charge in [-0.1, -0.05) is 5.92 Å². The van der Waals surface area contributed by atoms with Crippen LogP contribution in [0.25, 0.3) is 0 Å². The van der Waals surface area contributed by atoms with Crippen molar-refractivity contribution in [3.8, 4) is 18.2 Å². The van der Waals surface area contributed by atoms with E-state index in [-0.39, 0.29) is 12.4 Å². The van der Waals surface area contributed by atoms with E-state index >= 15 is 0 Å². The lowest BCUT2D eigenvalue weighted by Crippen LogP contribution is -2.37. The molecule has 1 aromatic rings. The third kappa shape index (κ3) is 5.30. The first-order valence-corrected chi connectivity index (χ1v) is 9.64. The second-order valence-electron chi connectivity index (χ2n) is 6.32. The van der Waals surface area contributed by atoms with Crippen LogP contribution in [0.4, 0.5) is 10.5 Å². The number of rotatable bonds is 4. The highest BCUT2D eigenvalue weighted by atomic mass is 31.2. The van der Waals surface area contributed by atoms with Gasteiger partial charge in [0, 0.05) is 0 Å². The van der Waals surface area contributed by atoms with Gasteiger partial charge in [0.25, 0.3) is 0 Å². The van der Waals surface area contributed by atoms with Crippen molar-refractivity contribution in [1.82, 2.24) is 4.98 Å². The Hall–Kier alpha value is -1.99. The van der Waals surface area contributed by atoms with E-state index in [4.69, 9.17) is 15.9 Å². The molecule has 0 aliphatic heterocycles. The van der Waals surface area contributed by atoms with E-state index in [1.54, 1.807) is 46.2 Å². The second kappa shape index (κ2) is 7.06. The van der Waals surface area contributed by atoms with Gasteiger partial charge >= 0.3 is 6.09 Å². The van der Waals surface area contributed by atoms with Gasteiger partial charge in [0.1, 0.15) is 23.9 Å². The largest absolute Gasteiger partial charge is 0.479 e. The van der Waals surface area contributed by atoms with Crippen molar-refractivity contribution in [2.75, 3.05) is 31.9 Å². The molecule has 0 saturated heterocycles. The first-order chi connectivity index (χ1) is 10.5. The molecule has 23 heavy (non-hydrogen) atoms. The SMILES string of the molecule is C#CCN(C(=O)OC(C)(C)C)c1ccc(P(C)(C)=O)nc1OC. The van der Waals surface area contributed by atoms with Crippen LogP contribution in [0.2, 0.25) is 0 Å². The number of amides is 1. The van der Waals surface area contributed by atoms with Crippen molar-refractivity contribution in [3.63, 3.8) is 0 Å². The van der Waals surface area contributed by atoms with Gasteiger partial charge in [-0.2, -0.15) is 0 Å². The normalized spacial score (nSPS) is 11.5. The van der Waals surface area contributed by atoms with Gasteiger partial charge < -0.3 is 14.0 Å². The first kappa shape index (κ1) is 19.1. The molecule has 1 heterocycles. The van der Waals surface area contributed by atoms with Gasteiger partial charge in [-0.25, -0.2) is 9.78 Å². The van der Waals surface area contributed by atoms with Crippen LogP contribution < -0.4 is 15.1 Å². The molecule has 126 valence electrons. The highest BCUT2D eigenvalue weighted by Crippen LogP contribution is 2.36. The molecule has 0 fully saturated rings. The van der Waals surface area contributed by atoms with E-state index in [1.165, 1.54) is 12.0 Å². The first-order valence-electron chi connectivity index (χ1n) is 7.04. The molecule has 0 atom stereocenters. The minimum absolute atomic E-state index is 0.00219. The molecule has 0 unspecified atom stereocenters. The van der Waals surface area contributed by atoms with E-state index in [0.29, 0.717) is 11.1 Å². The number of aromatic nitrogens is 1. The molecular weight excluding hydrogens is 315 g/mol. The van der Waals surface area contributed by atoms with Crippen LogP contribution in [-0.4, -0.2) is 43.7 Å². The molecule has 6 nitrogen and oxygen atoms in total. The molecule has 0 saturated carbocycles. The number of terminal acetylenes is 1. The standard InChI is InChI=1S/C16H23N2O4P/c1-8-11-18(15(19)22-16(2,3)4)12-9-10-13(23(6,7)20)17-14(12)21-5/h1,9-10H,11H2,2-7H3. The number of pyridine rings is 1. The summed E-state index contributed by atoms with van der Waals surface area (Å²) in [6.45, 7) is 8.52. The minimum atomic E-state index is -2.55. The lowest BCUT2D eigenvalue weighted by molar-refractivity contribution is 0.0584. The highest BCUT2D eigenvalue weighted by Gasteiger charge is 2.26. The third-order valence-corrected chi connectivity index (χ3v) is 4.08. The summed E-state index contributed by atoms with van der Waals surface area (Å²) in [5.41, 5.74) is 0.132. The highest BCUT2D eigenvalue weighted by molar-refractivity contribution is 7.69. The summed E-state index contributed by atoms with van der Waals surface area (Å²) in [4.78, 5) is 17.9. The van der Waals surface area contributed by atoms with Crippen LogP contribution in [0.5, 0.6) is 5.88 Å². The van der Waals surface area contributed by atoms with Crippen molar-refractivity contribution < 1.29 is 18.8 Å². The monoisotopic (exact) mass is 338 g/mol. The van der Waals surface area contributed by atoms with Crippen molar-refractivity contribution in [2.45, 2.75) is 26.4 Å². The molecule has 0 aliphatic rings. The number of carbonyl (C=O) groups excluding carboxylic acids is 1. The number of methoxy groups -OCH3 is 1. The zero-order valence-electron chi connectivity index (χ0n) is 14.4. The number of ether oxygens (including phenoxy) is 2. The maximum atomic E-state index is 12.4. The van der Waals surface area contributed by atoms with E-state index < -0.39 is 18.8 Å². The predicted molar refractivity (Wildman–Crippen MR) is 92.3 cm³/mol. The number of hydrogen-bond acceptors (Lipinski definition) is 5. The molecule has 0 aliphatic carbocycles. The zero-order chi connectivity index (χ0) is 17.8. The number of hydrogen-bond donors (Lipinski definition) is 0. The van der Waals surface area contributed by atoms with Gasteiger partial charge in [0.15, 0.2) is 0 Å². The maximum absolute atomic E-state index is 12.4. The molecule has 0 aromatic carbocycles. The van der Waals surface area contributed by atoms with Gasteiger partial charge in [0.2, 0.25) is 5.88 Å². The van der Waals surface area contributed by atoms with Crippen molar-refractivity contribution in [3.05, 3.63) is 12.1 Å². The Morgan fingerprint density at radius 1 is 1.39 bits per heavy atom. The van der Waals surface area contributed by atoms with Crippen LogP contribution in [0, 0.1) is 12.3 Å². The summed E-state index contributed by atoms with van der Waals surface area (Å²) in [7, 11) is -1.12. The lowest BCUT2D eigenvalue weighted by Gasteiger charge is -2.27. The summed E-state index contributed by atoms with van der Waals surface area (Å²) in [5.74, 6) is 2.59. The van der Waals surface area contributed by atoms with Gasteiger partial charge in [-0.3, -0.25) is 4.90 Å². The van der Waals surface area contributed by atoms with Crippen molar-refractivity contribution in [2.24, 2.45) is 0 Å². The topological polar surface area (TPSA) is 68.7 Å². The fraction of sp³-hybridized carbons (Fsp3) is 0.500. The van der Waals surface area contributed by atoms with Crippen LogP contribution in [0.15, 0.2) is 12.1 Å². The average Bonchev–Trinajstić information content (AvgIpc) is 2.41. The summed E-state index contributed by atoms with van der Waals surface area (Å²) in [5, 5.41) is 0. The molecule has 1 aromatic heterocycles. The zero-order valence-corrected chi connectivity index (χ0v) is 15.3. The summed E-state index contributed by atoms with van der Waals surface area (Å²) < 4.78 is 22.8. The van der Waals surface area contributed by atoms with Gasteiger partial charge in [-0.15, -0.1) is 6.42 Å². The van der Waals surface area contributed by atoms with Crippen molar-refractivity contribution >= 4 is 24.4 Å². The van der Waals surface area contributed by atoms with Crippen LogP contribution in [0.1, 0.15) is 20.8 Å². The summed E-state index contributed by atoms with van der Waals surface area (Å²) >= 11 is 0. The van der Waals surface area contributed by atoms with E-state index in [2.05, 4.69) is 10.9 Å². The van der Waals surface area contributed by atoms with Crippen LogP contribution in [0.3, 0.4) is 0 Å². The number of nitrogens with zero attached hydrogens (tertiary/aromatic N) is 2. The Balaban J connectivity index is 3.30. The summed E-state index contributed by atoms with van der Waals surface area (Å²) in [6.07, 6.45) is 4.76. The molecule has 0 N–H and O–H groups in total. The molecule has 1 amide bonds. The molecule has 0 bridgehead atoms. The number of anilines is 1. The van der Waals surface area contributed by atoms with Gasteiger partial charge in [0.05, 0.1) is 13.7 Å². The Morgan fingerprint density at radius 2 is 2.00 bits per heavy atom. The van der Waals surface area contributed by atoms with E-state index in [9.17, 15) is 9.36 Å². The molecule has 7 heteroatoms. The summed E-state index contributed by atoms with van der Waals surface area (Å²) in [6, 6.07) is 3.22. The molecule has 1 rings (SSSR count). The Morgan fingerprint density at radius 3 is 2.43 bits per heavy atom. The second-order valence-corrected chi connectivity index (χ2v) is 9.48. The molecular formula is C16H23N2O4P. The fourth-order valence-electron chi connectivity index (χ4n) is 1.74. The van der Waals surface area contributed by atoms with Crippen LogP contribution >= 0.6 is 7.14 Å². The lowest BCUT2D eigenvalue weighted by atomic mass is 10.2. The smallest absolute Gasteiger partial charge is 0.415 e. The molecule has 0 spiro atoms. The quantitative estimate of drug-likeness (QED) is 0.624. The van der Waals surface area contributed by atoms with E-state index in [0.717, 1.165) is 0 Å². The average molecular weight is 338 g/mol. The fourth-order valence-corrected chi connectivity index (χ4v) is 2.50. The Labute approximate surface area is 137 Å². The Kier molecular flexibility index (Phi) is 5.85. The van der Waals surface area contributed by atoms with Crippen LogP contribution in [-0.2, 0) is 9.30 Å². The third-order valence-electron chi connectivity index (χ3n) is 2.72. The maximum Gasteiger partial charge on any atom is 0.415 e.